The Morgan fingerprint density at radius 1 is 1.27 bits per heavy atom. The Kier molecular flexibility index (Phi) is 4.48. The number of hydrogen-bond donors (Lipinski definition) is 0. The van der Waals surface area contributed by atoms with Gasteiger partial charge in [-0.2, -0.15) is 0 Å². The number of ether oxygens (including phenoxy) is 1. The van der Waals surface area contributed by atoms with Crippen molar-refractivity contribution in [2.75, 3.05) is 0 Å². The van der Waals surface area contributed by atoms with Gasteiger partial charge in [-0.05, 0) is 0 Å². The third kappa shape index (κ3) is 3.17. The number of esters is 1. The van der Waals surface area contributed by atoms with Gasteiger partial charge >= 0.3 is 152 Å². The van der Waals surface area contributed by atoms with Crippen LogP contribution in [0.15, 0.2) is 47.1 Å². The van der Waals surface area contributed by atoms with Crippen LogP contribution in [0.4, 0.5) is 0 Å². The van der Waals surface area contributed by atoms with Gasteiger partial charge in [0.25, 0.3) is 0 Å². The van der Waals surface area contributed by atoms with Crippen LogP contribution >= 0.6 is 15.9 Å². The first-order chi connectivity index (χ1) is 10.6. The van der Waals surface area contributed by atoms with E-state index in [9.17, 15) is 4.79 Å². The van der Waals surface area contributed by atoms with Crippen molar-refractivity contribution >= 4 is 59.0 Å². The standard InChI is InChI=1S/C15H11BrN2O3.Tl/c1-9(19)21-15-7-11(16)2-5-14(15)18-8-10-6-12(20)3-4-13(10)17-18;/h2-8,20H,1H3;/q;+1/p-1. The van der Waals surface area contributed by atoms with Crippen LogP contribution in [0, 0.1) is 0 Å². The Labute approximate surface area is 151 Å². The molecule has 0 saturated heterocycles. The van der Waals surface area contributed by atoms with Gasteiger partial charge in [0.15, 0.2) is 0 Å². The SMILES string of the molecule is CC(=O)Oc1cc(Br)ccc1-n1cc2cc([O][Tl])ccc2n1. The van der Waals surface area contributed by atoms with Crippen LogP contribution in [0.1, 0.15) is 6.92 Å². The number of nitrogens with zero attached hydrogens (tertiary/aromatic N) is 2. The summed E-state index contributed by atoms with van der Waals surface area (Å²) in [7, 11) is 0. The summed E-state index contributed by atoms with van der Waals surface area (Å²) in [5.74, 6) is 0.923. The Morgan fingerprint density at radius 3 is 2.82 bits per heavy atom. The molecule has 108 valence electrons. The third-order valence-electron chi connectivity index (χ3n) is 3.03. The van der Waals surface area contributed by atoms with E-state index in [1.165, 1.54) is 6.92 Å². The summed E-state index contributed by atoms with van der Waals surface area (Å²) in [6.45, 7) is 1.37. The molecule has 0 bridgehead atoms. The first kappa shape index (κ1) is 15.5. The van der Waals surface area contributed by atoms with Crippen LogP contribution < -0.4 is 7.42 Å². The molecule has 0 atom stereocenters. The summed E-state index contributed by atoms with van der Waals surface area (Å²) in [4.78, 5) is 11.3. The second kappa shape index (κ2) is 6.37. The molecule has 2 aromatic carbocycles. The molecule has 0 saturated carbocycles. The molecule has 3 rings (SSSR count). The van der Waals surface area contributed by atoms with Crippen LogP contribution in [0.25, 0.3) is 16.6 Å². The average Bonchev–Trinajstić information content (AvgIpc) is 2.89. The first-order valence-electron chi connectivity index (χ1n) is 6.41. The molecule has 0 spiro atoms. The van der Waals surface area contributed by atoms with Gasteiger partial charge in [0.1, 0.15) is 0 Å². The maximum absolute atomic E-state index is 11.3. The number of aromatic nitrogens is 2. The number of rotatable bonds is 3. The summed E-state index contributed by atoms with van der Waals surface area (Å²) in [6, 6.07) is 11.2. The van der Waals surface area contributed by atoms with Crippen molar-refractivity contribution in [2.24, 2.45) is 0 Å². The maximum atomic E-state index is 11.3. The molecule has 5 nitrogen and oxygen atoms in total. The van der Waals surface area contributed by atoms with Crippen molar-refractivity contribution in [3.63, 3.8) is 0 Å². The Balaban J connectivity index is 2.12. The summed E-state index contributed by atoms with van der Waals surface area (Å²) in [5, 5.41) is 5.49. The second-order valence-corrected chi connectivity index (χ2v) is 6.45. The van der Waals surface area contributed by atoms with Crippen LogP contribution in [0.3, 0.4) is 0 Å². The van der Waals surface area contributed by atoms with Crippen molar-refractivity contribution < 1.29 is 12.2 Å². The minimum absolute atomic E-state index is 0.372. The van der Waals surface area contributed by atoms with Crippen molar-refractivity contribution in [3.8, 4) is 17.2 Å². The first-order valence-corrected chi connectivity index (χ1v) is 9.04. The molecule has 3 aromatic rings. The van der Waals surface area contributed by atoms with Gasteiger partial charge in [-0.25, -0.2) is 0 Å². The van der Waals surface area contributed by atoms with Gasteiger partial charge < -0.3 is 0 Å². The van der Waals surface area contributed by atoms with Gasteiger partial charge in [0.2, 0.25) is 0 Å². The number of hydrogen-bond acceptors (Lipinski definition) is 4. The summed E-state index contributed by atoms with van der Waals surface area (Å²) in [6.07, 6.45) is 1.89. The van der Waals surface area contributed by atoms with Crippen LogP contribution in [-0.4, -0.2) is 42.0 Å². The zero-order valence-corrected chi connectivity index (χ0v) is 17.7. The van der Waals surface area contributed by atoms with E-state index in [0.717, 1.165) is 21.1 Å². The molecule has 22 heavy (non-hydrogen) atoms. The average molecular weight is 551 g/mol. The van der Waals surface area contributed by atoms with E-state index in [4.69, 9.17) is 7.42 Å². The predicted molar refractivity (Wildman–Crippen MR) is 86.5 cm³/mol. The van der Waals surface area contributed by atoms with Gasteiger partial charge in [-0.1, -0.05) is 0 Å². The van der Waals surface area contributed by atoms with E-state index in [-0.39, 0.29) is 5.97 Å². The van der Waals surface area contributed by atoms with Gasteiger partial charge in [-0.3, -0.25) is 0 Å². The predicted octanol–water partition coefficient (Wildman–Crippen LogP) is 3.18. The number of halogens is 1. The topological polar surface area (TPSA) is 53.4 Å². The van der Waals surface area contributed by atoms with E-state index in [0.29, 0.717) is 37.7 Å². The van der Waals surface area contributed by atoms with Gasteiger partial charge in [0, 0.05) is 0 Å². The van der Waals surface area contributed by atoms with E-state index in [1.807, 2.05) is 36.5 Å². The molecule has 1 aromatic heterocycles. The minimum atomic E-state index is -0.372. The number of carbonyl (C=O) groups is 1. The van der Waals surface area contributed by atoms with E-state index >= 15 is 0 Å². The molecular weight excluding hydrogens is 540 g/mol. The molecule has 0 unspecified atom stereocenters. The van der Waals surface area contributed by atoms with Gasteiger partial charge in [-0.15, -0.1) is 0 Å². The fraction of sp³-hybridized carbons (Fsp3) is 0.0667. The quantitative estimate of drug-likeness (QED) is 0.286. The molecule has 0 fully saturated rings. The number of benzene rings is 2. The molecule has 0 aliphatic rings. The molecule has 0 amide bonds. The number of carbonyl (C=O) groups excluding carboxylic acids is 1. The zero-order chi connectivity index (χ0) is 15.7. The van der Waals surface area contributed by atoms with E-state index in [1.54, 1.807) is 10.7 Å². The number of fused-ring (bicyclic) bond motifs is 1. The molecule has 0 aliphatic heterocycles. The molecular formula is C15H10BrN2O3Tl. The fourth-order valence-electron chi connectivity index (χ4n) is 2.11. The Bertz CT molecular complexity index is 863. The molecule has 1 heterocycles. The van der Waals surface area contributed by atoms with Crippen LogP contribution in [0.5, 0.6) is 11.5 Å². The third-order valence-corrected chi connectivity index (χ3v) is 4.59. The van der Waals surface area contributed by atoms with Crippen molar-refractivity contribution in [1.29, 1.82) is 0 Å². The molecule has 7 heteroatoms. The Morgan fingerprint density at radius 2 is 2.09 bits per heavy atom. The summed E-state index contributed by atoms with van der Waals surface area (Å²) in [5.41, 5.74) is 1.55. The van der Waals surface area contributed by atoms with E-state index < -0.39 is 0 Å². The molecule has 0 N–H and O–H groups in total. The summed E-state index contributed by atoms with van der Waals surface area (Å²) < 4.78 is 13.2. The molecule has 0 radical (unpaired) electrons. The van der Waals surface area contributed by atoms with Crippen molar-refractivity contribution in [1.82, 2.24) is 9.78 Å². The van der Waals surface area contributed by atoms with Gasteiger partial charge in [0.05, 0.1) is 0 Å². The monoisotopic (exact) mass is 550 g/mol. The Hall–Kier alpha value is -1.42. The molecule has 0 aliphatic carbocycles. The van der Waals surface area contributed by atoms with Crippen molar-refractivity contribution in [3.05, 3.63) is 47.1 Å². The van der Waals surface area contributed by atoms with Crippen molar-refractivity contribution in [2.45, 2.75) is 6.92 Å². The summed E-state index contributed by atoms with van der Waals surface area (Å²) >= 11 is 3.82. The van der Waals surface area contributed by atoms with Crippen LogP contribution in [0.2, 0.25) is 0 Å². The van der Waals surface area contributed by atoms with Crippen LogP contribution in [-0.2, 0) is 4.79 Å². The van der Waals surface area contributed by atoms with E-state index in [2.05, 4.69) is 21.0 Å². The second-order valence-electron chi connectivity index (χ2n) is 4.62. The zero-order valence-electron chi connectivity index (χ0n) is 11.6. The fourth-order valence-corrected chi connectivity index (χ4v) is 3.02. The normalized spacial score (nSPS) is 10.6.